The van der Waals surface area contributed by atoms with Crippen LogP contribution in [0.1, 0.15) is 25.7 Å². The standard InChI is InChI=1S/C23H29N3O7S/c1-30-17-9-11-20(31-2)19(13-17)26(15-23(27)25-24-16-7-5-6-8-16)34(28,29)18-10-12-21(32-3)22(14-18)33-4/h9-14H,5-8,15H2,1-4H3,(H,25,27). The van der Waals surface area contributed by atoms with Crippen molar-refractivity contribution in [3.8, 4) is 23.0 Å². The second-order valence-electron chi connectivity index (χ2n) is 7.49. The third kappa shape index (κ3) is 5.53. The van der Waals surface area contributed by atoms with Gasteiger partial charge < -0.3 is 18.9 Å². The Hall–Kier alpha value is -3.47. The van der Waals surface area contributed by atoms with Gasteiger partial charge in [0.2, 0.25) is 0 Å². The molecule has 11 heteroatoms. The van der Waals surface area contributed by atoms with E-state index in [0.717, 1.165) is 35.7 Å². The normalized spacial score (nSPS) is 13.2. The van der Waals surface area contributed by atoms with E-state index < -0.39 is 22.5 Å². The van der Waals surface area contributed by atoms with Gasteiger partial charge in [0.25, 0.3) is 15.9 Å². The highest BCUT2D eigenvalue weighted by Crippen LogP contribution is 2.37. The number of hydrazone groups is 1. The average Bonchev–Trinajstić information content (AvgIpc) is 3.38. The summed E-state index contributed by atoms with van der Waals surface area (Å²) in [4.78, 5) is 12.7. The van der Waals surface area contributed by atoms with Crippen molar-refractivity contribution in [2.45, 2.75) is 30.6 Å². The van der Waals surface area contributed by atoms with Gasteiger partial charge in [-0.2, -0.15) is 5.10 Å². The highest BCUT2D eigenvalue weighted by Gasteiger charge is 2.31. The molecule has 0 radical (unpaired) electrons. The molecule has 1 aliphatic rings. The van der Waals surface area contributed by atoms with Crippen LogP contribution in [0.15, 0.2) is 46.4 Å². The number of amides is 1. The number of carbonyl (C=O) groups is 1. The number of nitrogens with zero attached hydrogens (tertiary/aromatic N) is 2. The van der Waals surface area contributed by atoms with E-state index in [1.54, 1.807) is 12.1 Å². The van der Waals surface area contributed by atoms with Gasteiger partial charge in [0.1, 0.15) is 18.0 Å². The summed E-state index contributed by atoms with van der Waals surface area (Å²) in [5.41, 5.74) is 3.51. The molecule has 2 aromatic rings. The first-order valence-corrected chi connectivity index (χ1v) is 12.1. The van der Waals surface area contributed by atoms with E-state index in [2.05, 4.69) is 10.5 Å². The summed E-state index contributed by atoms with van der Waals surface area (Å²) in [5, 5.41) is 4.15. The van der Waals surface area contributed by atoms with Gasteiger partial charge >= 0.3 is 0 Å². The number of hydrogen-bond acceptors (Lipinski definition) is 8. The van der Waals surface area contributed by atoms with Gasteiger partial charge in [0.05, 0.1) is 39.0 Å². The van der Waals surface area contributed by atoms with Crippen molar-refractivity contribution in [1.29, 1.82) is 0 Å². The van der Waals surface area contributed by atoms with Crippen LogP contribution in [0.5, 0.6) is 23.0 Å². The fraction of sp³-hybridized carbons (Fsp3) is 0.391. The van der Waals surface area contributed by atoms with Crippen molar-refractivity contribution in [3.05, 3.63) is 36.4 Å². The van der Waals surface area contributed by atoms with E-state index >= 15 is 0 Å². The van der Waals surface area contributed by atoms with Crippen LogP contribution in [0.25, 0.3) is 0 Å². The highest BCUT2D eigenvalue weighted by atomic mass is 32.2. The Balaban J connectivity index is 2.05. The molecule has 10 nitrogen and oxygen atoms in total. The Morgan fingerprint density at radius 2 is 1.56 bits per heavy atom. The fourth-order valence-electron chi connectivity index (χ4n) is 3.60. The summed E-state index contributed by atoms with van der Waals surface area (Å²) < 4.78 is 49.7. The monoisotopic (exact) mass is 491 g/mol. The molecular weight excluding hydrogens is 462 g/mol. The van der Waals surface area contributed by atoms with Gasteiger partial charge in [-0.25, -0.2) is 13.8 Å². The first-order valence-electron chi connectivity index (χ1n) is 10.6. The van der Waals surface area contributed by atoms with Gasteiger partial charge in [-0.1, -0.05) is 0 Å². The van der Waals surface area contributed by atoms with Crippen LogP contribution in [-0.2, 0) is 14.8 Å². The Morgan fingerprint density at radius 1 is 0.912 bits per heavy atom. The predicted molar refractivity (Wildman–Crippen MR) is 128 cm³/mol. The van der Waals surface area contributed by atoms with E-state index in [4.69, 9.17) is 18.9 Å². The maximum atomic E-state index is 13.8. The smallest absolute Gasteiger partial charge is 0.265 e. The molecule has 0 saturated heterocycles. The van der Waals surface area contributed by atoms with Crippen molar-refractivity contribution >= 4 is 27.3 Å². The molecule has 0 heterocycles. The summed E-state index contributed by atoms with van der Waals surface area (Å²) in [6.45, 7) is -0.531. The van der Waals surface area contributed by atoms with E-state index in [1.807, 2.05) is 0 Å². The van der Waals surface area contributed by atoms with Crippen LogP contribution >= 0.6 is 0 Å². The van der Waals surface area contributed by atoms with Crippen molar-refractivity contribution in [1.82, 2.24) is 5.43 Å². The van der Waals surface area contributed by atoms with Crippen molar-refractivity contribution in [2.24, 2.45) is 5.10 Å². The molecule has 0 atom stereocenters. The number of sulfonamides is 1. The minimum atomic E-state index is -4.25. The molecule has 3 rings (SSSR count). The molecule has 1 saturated carbocycles. The topological polar surface area (TPSA) is 116 Å². The number of methoxy groups -OCH3 is 4. The first-order chi connectivity index (χ1) is 16.3. The SMILES string of the molecule is COc1ccc(OC)c(N(CC(=O)NN=C2CCCC2)S(=O)(=O)c2ccc(OC)c(OC)c2)c1. The number of nitrogens with one attached hydrogen (secondary N) is 1. The van der Waals surface area contributed by atoms with Gasteiger partial charge in [-0.3, -0.25) is 9.10 Å². The van der Waals surface area contributed by atoms with E-state index in [1.165, 1.54) is 52.7 Å². The van der Waals surface area contributed by atoms with Crippen molar-refractivity contribution in [3.63, 3.8) is 0 Å². The first kappa shape index (κ1) is 25.2. The number of carbonyl (C=O) groups excluding carboxylic acids is 1. The molecule has 1 N–H and O–H groups in total. The second-order valence-corrected chi connectivity index (χ2v) is 9.35. The number of hydrogen-bond donors (Lipinski definition) is 1. The Kier molecular flexibility index (Phi) is 8.21. The van der Waals surface area contributed by atoms with Gasteiger partial charge in [-0.05, 0) is 49.9 Å². The van der Waals surface area contributed by atoms with E-state index in [-0.39, 0.29) is 22.1 Å². The second kappa shape index (κ2) is 11.1. The quantitative estimate of drug-likeness (QED) is 0.508. The Morgan fingerprint density at radius 3 is 2.18 bits per heavy atom. The average molecular weight is 492 g/mol. The molecule has 0 aromatic heterocycles. The summed E-state index contributed by atoms with van der Waals surface area (Å²) in [6, 6.07) is 8.90. The van der Waals surface area contributed by atoms with Crippen LogP contribution < -0.4 is 28.7 Å². The third-order valence-electron chi connectivity index (χ3n) is 5.40. The van der Waals surface area contributed by atoms with Crippen molar-refractivity contribution < 1.29 is 32.2 Å². The van der Waals surface area contributed by atoms with E-state index in [0.29, 0.717) is 11.5 Å². The summed E-state index contributed by atoms with van der Waals surface area (Å²) >= 11 is 0. The fourth-order valence-corrected chi connectivity index (χ4v) is 5.04. The third-order valence-corrected chi connectivity index (χ3v) is 7.16. The van der Waals surface area contributed by atoms with Crippen LogP contribution in [0.3, 0.4) is 0 Å². The molecule has 0 aliphatic heterocycles. The zero-order valence-electron chi connectivity index (χ0n) is 19.7. The van der Waals surface area contributed by atoms with Gasteiger partial charge in [-0.15, -0.1) is 0 Å². The minimum absolute atomic E-state index is 0.0927. The maximum Gasteiger partial charge on any atom is 0.265 e. The number of ether oxygens (including phenoxy) is 4. The lowest BCUT2D eigenvalue weighted by Gasteiger charge is -2.26. The van der Waals surface area contributed by atoms with Crippen molar-refractivity contribution in [2.75, 3.05) is 39.3 Å². The molecule has 184 valence electrons. The van der Waals surface area contributed by atoms with Crippen LogP contribution in [0.2, 0.25) is 0 Å². The zero-order valence-corrected chi connectivity index (χ0v) is 20.5. The van der Waals surface area contributed by atoms with Gasteiger partial charge in [0.15, 0.2) is 11.5 Å². The molecule has 1 aliphatic carbocycles. The van der Waals surface area contributed by atoms with Crippen LogP contribution in [-0.4, -0.2) is 55.0 Å². The largest absolute Gasteiger partial charge is 0.497 e. The van der Waals surface area contributed by atoms with E-state index in [9.17, 15) is 13.2 Å². The minimum Gasteiger partial charge on any atom is -0.497 e. The Bertz CT molecular complexity index is 1160. The Labute approximate surface area is 199 Å². The summed E-state index contributed by atoms with van der Waals surface area (Å²) in [5.74, 6) is 0.665. The van der Waals surface area contributed by atoms with Crippen LogP contribution in [0, 0.1) is 0 Å². The summed E-state index contributed by atoms with van der Waals surface area (Å²) in [7, 11) is 1.49. The van der Waals surface area contributed by atoms with Gasteiger partial charge in [0, 0.05) is 17.8 Å². The predicted octanol–water partition coefficient (Wildman–Crippen LogP) is 2.96. The molecule has 1 fully saturated rings. The number of benzene rings is 2. The molecule has 1 amide bonds. The lowest BCUT2D eigenvalue weighted by Crippen LogP contribution is -2.40. The molecule has 0 unspecified atom stereocenters. The summed E-state index contributed by atoms with van der Waals surface area (Å²) in [6.07, 6.45) is 3.68. The molecule has 34 heavy (non-hydrogen) atoms. The maximum absolute atomic E-state index is 13.8. The molecular formula is C23H29N3O7S. The lowest BCUT2D eigenvalue weighted by molar-refractivity contribution is -0.119. The highest BCUT2D eigenvalue weighted by molar-refractivity contribution is 7.92. The number of rotatable bonds is 10. The lowest BCUT2D eigenvalue weighted by atomic mass is 10.2. The molecule has 0 bridgehead atoms. The molecule has 2 aromatic carbocycles. The number of anilines is 1. The zero-order chi connectivity index (χ0) is 24.7. The van der Waals surface area contributed by atoms with Crippen LogP contribution in [0.4, 0.5) is 5.69 Å². The molecule has 0 spiro atoms.